The summed E-state index contributed by atoms with van der Waals surface area (Å²) in [5, 5.41) is 0. The van der Waals surface area contributed by atoms with E-state index in [2.05, 4.69) is 0 Å². The monoisotopic (exact) mass is 202 g/mol. The summed E-state index contributed by atoms with van der Waals surface area (Å²) in [4.78, 5) is 21.8. The summed E-state index contributed by atoms with van der Waals surface area (Å²) in [6.07, 6.45) is 1.34. The fraction of sp³-hybridized carbons (Fsp3) is 0.778. The zero-order valence-electron chi connectivity index (χ0n) is 7.92. The van der Waals surface area contributed by atoms with Crippen LogP contribution >= 0.6 is 0 Å². The third kappa shape index (κ3) is 6.80. The zero-order valence-corrected chi connectivity index (χ0v) is 7.92. The van der Waals surface area contributed by atoms with Gasteiger partial charge in [-0.3, -0.25) is 9.59 Å². The number of esters is 1. The molecule has 0 aromatic carbocycles. The van der Waals surface area contributed by atoms with Gasteiger partial charge in [-0.05, 0) is 12.8 Å². The summed E-state index contributed by atoms with van der Waals surface area (Å²) in [6.45, 7) is 5.08. The van der Waals surface area contributed by atoms with Gasteiger partial charge < -0.3 is 4.74 Å². The second kappa shape index (κ2) is 8.28. The molecule has 0 saturated heterocycles. The minimum atomic E-state index is -0.526. The van der Waals surface area contributed by atoms with Crippen LogP contribution in [0.25, 0.3) is 0 Å². The molecular weight excluding hydrogens is 183 g/mol. The van der Waals surface area contributed by atoms with Crippen LogP contribution in [-0.2, 0) is 14.3 Å². The minimum absolute atomic E-state index is 0. The number of carbonyl (C=O) groups excluding carboxylic acids is 2. The normalized spacial score (nSPS) is 11.3. The van der Waals surface area contributed by atoms with Gasteiger partial charge in [0.05, 0.1) is 0 Å². The summed E-state index contributed by atoms with van der Waals surface area (Å²) in [7, 11) is 0. The largest absolute Gasteiger partial charge is 0.455 e. The van der Waals surface area contributed by atoms with Crippen LogP contribution in [0.5, 0.6) is 0 Å². The standard InChI is InChI=1S/C9H16O3.Al.3H/c1-4-6-8(11)9(5-2)12-7(3)10;;;;/h9H,4-6H2,1-3H3;;;;. The maximum Gasteiger partial charge on any atom is 0.303 e. The Balaban J connectivity index is 0. The van der Waals surface area contributed by atoms with E-state index < -0.39 is 6.10 Å². The van der Waals surface area contributed by atoms with Crippen molar-refractivity contribution < 1.29 is 14.3 Å². The fourth-order valence-electron chi connectivity index (χ4n) is 0.984. The molecule has 0 aliphatic carbocycles. The van der Waals surface area contributed by atoms with Crippen molar-refractivity contribution in [2.75, 3.05) is 0 Å². The Morgan fingerprint density at radius 3 is 2.15 bits per heavy atom. The van der Waals surface area contributed by atoms with E-state index in [1.807, 2.05) is 13.8 Å². The van der Waals surface area contributed by atoms with Crippen LogP contribution in [0.15, 0.2) is 0 Å². The minimum Gasteiger partial charge on any atom is -0.455 e. The molecule has 0 heterocycles. The lowest BCUT2D eigenvalue weighted by Crippen LogP contribution is -2.25. The third-order valence-corrected chi connectivity index (χ3v) is 1.53. The molecule has 0 aromatic rings. The Morgan fingerprint density at radius 2 is 1.85 bits per heavy atom. The number of rotatable bonds is 5. The highest BCUT2D eigenvalue weighted by Gasteiger charge is 2.17. The van der Waals surface area contributed by atoms with Crippen molar-refractivity contribution in [2.24, 2.45) is 0 Å². The van der Waals surface area contributed by atoms with Gasteiger partial charge in [-0.15, -0.1) is 0 Å². The van der Waals surface area contributed by atoms with Crippen molar-refractivity contribution in [1.82, 2.24) is 0 Å². The topological polar surface area (TPSA) is 43.4 Å². The second-order valence-corrected chi connectivity index (χ2v) is 2.72. The molecule has 4 heteroatoms. The number of Topliss-reactive ketones (excluding diaryl/α,β-unsaturated/α-hetero) is 1. The predicted octanol–water partition coefficient (Wildman–Crippen LogP) is 0.513. The quantitative estimate of drug-likeness (QED) is 0.482. The Labute approximate surface area is 90.0 Å². The van der Waals surface area contributed by atoms with E-state index in [1.54, 1.807) is 0 Å². The molecule has 0 spiro atoms. The molecule has 0 radical (unpaired) electrons. The van der Waals surface area contributed by atoms with Gasteiger partial charge in [-0.1, -0.05) is 13.8 Å². The Kier molecular flexibility index (Phi) is 9.65. The lowest BCUT2D eigenvalue weighted by atomic mass is 10.1. The summed E-state index contributed by atoms with van der Waals surface area (Å²) in [5.74, 6) is -0.360. The molecule has 0 rings (SSSR count). The number of hydrogen-bond donors (Lipinski definition) is 0. The lowest BCUT2D eigenvalue weighted by molar-refractivity contribution is -0.153. The van der Waals surface area contributed by atoms with Crippen LogP contribution in [0, 0.1) is 0 Å². The van der Waals surface area contributed by atoms with Crippen molar-refractivity contribution in [2.45, 2.75) is 46.1 Å². The highest BCUT2D eigenvalue weighted by atomic mass is 27.0. The summed E-state index contributed by atoms with van der Waals surface area (Å²) in [6, 6.07) is 0. The van der Waals surface area contributed by atoms with Crippen molar-refractivity contribution in [1.29, 1.82) is 0 Å². The highest BCUT2D eigenvalue weighted by molar-refractivity contribution is 5.85. The number of ketones is 1. The Hall–Kier alpha value is -0.328. The van der Waals surface area contributed by atoms with Gasteiger partial charge >= 0.3 is 5.97 Å². The first-order chi connectivity index (χ1) is 5.61. The zero-order chi connectivity index (χ0) is 9.56. The summed E-state index contributed by atoms with van der Waals surface area (Å²) >= 11 is 0. The first kappa shape index (κ1) is 15.2. The van der Waals surface area contributed by atoms with Crippen molar-refractivity contribution in [3.8, 4) is 0 Å². The van der Waals surface area contributed by atoms with Crippen molar-refractivity contribution in [3.63, 3.8) is 0 Å². The van der Waals surface area contributed by atoms with E-state index in [4.69, 9.17) is 4.74 Å². The van der Waals surface area contributed by atoms with Crippen LogP contribution in [-0.4, -0.2) is 35.2 Å². The van der Waals surface area contributed by atoms with Crippen LogP contribution in [0.4, 0.5) is 0 Å². The molecule has 1 unspecified atom stereocenters. The summed E-state index contributed by atoms with van der Waals surface area (Å²) < 4.78 is 4.83. The van der Waals surface area contributed by atoms with Crippen LogP contribution in [0.3, 0.4) is 0 Å². The molecule has 0 bridgehead atoms. The van der Waals surface area contributed by atoms with Gasteiger partial charge in [0.1, 0.15) is 0 Å². The first-order valence-corrected chi connectivity index (χ1v) is 4.31. The molecular formula is C9H19AlO3. The molecule has 1 atom stereocenters. The van der Waals surface area contributed by atoms with Gasteiger partial charge in [-0.25, -0.2) is 0 Å². The van der Waals surface area contributed by atoms with Crippen molar-refractivity contribution in [3.05, 3.63) is 0 Å². The molecule has 3 nitrogen and oxygen atoms in total. The number of ether oxygens (including phenoxy) is 1. The molecule has 0 aromatic heterocycles. The van der Waals surface area contributed by atoms with Gasteiger partial charge in [0.15, 0.2) is 29.2 Å². The van der Waals surface area contributed by atoms with E-state index in [0.717, 1.165) is 6.42 Å². The Morgan fingerprint density at radius 1 is 1.31 bits per heavy atom. The van der Waals surface area contributed by atoms with E-state index in [-0.39, 0.29) is 29.1 Å². The lowest BCUT2D eigenvalue weighted by Gasteiger charge is -2.12. The first-order valence-electron chi connectivity index (χ1n) is 4.31. The van der Waals surface area contributed by atoms with E-state index in [1.165, 1.54) is 6.92 Å². The number of hydrogen-bond acceptors (Lipinski definition) is 3. The molecule has 0 amide bonds. The maximum atomic E-state index is 11.2. The smallest absolute Gasteiger partial charge is 0.303 e. The highest BCUT2D eigenvalue weighted by Crippen LogP contribution is 2.04. The van der Waals surface area contributed by atoms with E-state index in [9.17, 15) is 9.59 Å². The summed E-state index contributed by atoms with van der Waals surface area (Å²) in [5.41, 5.74) is 0. The van der Waals surface area contributed by atoms with Gasteiger partial charge in [0, 0.05) is 13.3 Å². The van der Waals surface area contributed by atoms with Crippen molar-refractivity contribution >= 4 is 29.1 Å². The molecule has 0 fully saturated rings. The molecule has 0 N–H and O–H groups in total. The molecule has 13 heavy (non-hydrogen) atoms. The van der Waals surface area contributed by atoms with Crippen LogP contribution in [0.1, 0.15) is 40.0 Å². The third-order valence-electron chi connectivity index (χ3n) is 1.53. The SMILES string of the molecule is CCCC(=O)C(CC)OC(C)=O.[AlH3]. The van der Waals surface area contributed by atoms with E-state index in [0.29, 0.717) is 12.8 Å². The molecule has 0 saturated carbocycles. The fourth-order valence-corrected chi connectivity index (χ4v) is 0.984. The predicted molar refractivity (Wildman–Crippen MR) is 55.7 cm³/mol. The van der Waals surface area contributed by atoms with E-state index >= 15 is 0 Å². The van der Waals surface area contributed by atoms with Gasteiger partial charge in [0.25, 0.3) is 0 Å². The Bertz CT molecular complexity index is 168. The van der Waals surface area contributed by atoms with Crippen LogP contribution in [0.2, 0.25) is 0 Å². The average Bonchev–Trinajstić information content (AvgIpc) is 2.00. The number of carbonyl (C=O) groups is 2. The average molecular weight is 202 g/mol. The molecule has 0 aliphatic rings. The maximum absolute atomic E-state index is 11.2. The molecule has 76 valence electrons. The van der Waals surface area contributed by atoms with Gasteiger partial charge in [0.2, 0.25) is 0 Å². The molecule has 0 aliphatic heterocycles. The van der Waals surface area contributed by atoms with Crippen LogP contribution < -0.4 is 0 Å². The second-order valence-electron chi connectivity index (χ2n) is 2.72. The van der Waals surface area contributed by atoms with Gasteiger partial charge in [-0.2, -0.15) is 0 Å².